The third kappa shape index (κ3) is 3.11. The lowest BCUT2D eigenvalue weighted by Gasteiger charge is -2.27. The first-order valence-electron chi connectivity index (χ1n) is 9.78. The number of rotatable bonds is 3. The molecule has 1 fully saturated rings. The lowest BCUT2D eigenvalue weighted by molar-refractivity contribution is 0.0486. The van der Waals surface area contributed by atoms with Crippen molar-refractivity contribution >= 4 is 32.8 Å². The van der Waals surface area contributed by atoms with Gasteiger partial charge < -0.3 is 14.1 Å². The lowest BCUT2D eigenvalue weighted by atomic mass is 9.98. The number of ether oxygens (including phenoxy) is 1. The SMILES string of the molecule is Cc1ccc2oc3c(c(=O)c2c1)[C@H](c1cccc(Br)c1)N(C[C@@H]1CCCO1)C3=O. The molecular formula is C23H20BrNO4. The van der Waals surface area contributed by atoms with Gasteiger partial charge in [0.25, 0.3) is 5.91 Å². The molecule has 6 heteroatoms. The Bertz CT molecular complexity index is 1180. The number of hydrogen-bond acceptors (Lipinski definition) is 4. The molecule has 0 N–H and O–H groups in total. The van der Waals surface area contributed by atoms with Gasteiger partial charge in [-0.2, -0.15) is 0 Å². The minimum atomic E-state index is -0.486. The van der Waals surface area contributed by atoms with E-state index in [4.69, 9.17) is 9.15 Å². The van der Waals surface area contributed by atoms with Gasteiger partial charge in [-0.3, -0.25) is 9.59 Å². The molecule has 148 valence electrons. The van der Waals surface area contributed by atoms with E-state index in [1.165, 1.54) is 0 Å². The van der Waals surface area contributed by atoms with Gasteiger partial charge in [0.2, 0.25) is 5.76 Å². The van der Waals surface area contributed by atoms with Gasteiger partial charge in [0.15, 0.2) is 5.43 Å². The largest absolute Gasteiger partial charge is 0.450 e. The fraction of sp³-hybridized carbons (Fsp3) is 0.304. The van der Waals surface area contributed by atoms with Gasteiger partial charge in [0.05, 0.1) is 23.1 Å². The van der Waals surface area contributed by atoms with Crippen molar-refractivity contribution in [1.29, 1.82) is 0 Å². The minimum absolute atomic E-state index is 0.0188. The normalized spacial score (nSPS) is 21.2. The summed E-state index contributed by atoms with van der Waals surface area (Å²) in [5.41, 5.74) is 2.58. The lowest BCUT2D eigenvalue weighted by Crippen LogP contribution is -2.36. The predicted octanol–water partition coefficient (Wildman–Crippen LogP) is 4.59. The zero-order valence-corrected chi connectivity index (χ0v) is 17.6. The van der Waals surface area contributed by atoms with E-state index in [-0.39, 0.29) is 23.2 Å². The van der Waals surface area contributed by atoms with Gasteiger partial charge in [0.1, 0.15) is 5.58 Å². The van der Waals surface area contributed by atoms with E-state index in [0.717, 1.165) is 28.4 Å². The average molecular weight is 454 g/mol. The maximum Gasteiger partial charge on any atom is 0.291 e. The molecule has 3 heterocycles. The molecule has 0 saturated carbocycles. The van der Waals surface area contributed by atoms with Crippen molar-refractivity contribution in [2.24, 2.45) is 0 Å². The van der Waals surface area contributed by atoms with Crippen LogP contribution in [0.25, 0.3) is 11.0 Å². The first-order chi connectivity index (χ1) is 14.0. The van der Waals surface area contributed by atoms with E-state index >= 15 is 0 Å². The number of halogens is 1. The molecule has 29 heavy (non-hydrogen) atoms. The second kappa shape index (κ2) is 7.11. The Kier molecular flexibility index (Phi) is 4.56. The van der Waals surface area contributed by atoms with Crippen molar-refractivity contribution in [3.05, 3.63) is 79.6 Å². The molecule has 5 rings (SSSR count). The Morgan fingerprint density at radius 2 is 2.03 bits per heavy atom. The number of nitrogens with zero attached hydrogens (tertiary/aromatic N) is 1. The number of carbonyl (C=O) groups is 1. The van der Waals surface area contributed by atoms with Crippen LogP contribution in [0.15, 0.2) is 56.1 Å². The van der Waals surface area contributed by atoms with Crippen LogP contribution < -0.4 is 5.43 Å². The van der Waals surface area contributed by atoms with E-state index < -0.39 is 6.04 Å². The van der Waals surface area contributed by atoms with Crippen LogP contribution in [0, 0.1) is 6.92 Å². The summed E-state index contributed by atoms with van der Waals surface area (Å²) in [5.74, 6) is -0.102. The number of fused-ring (bicyclic) bond motifs is 2. The highest BCUT2D eigenvalue weighted by Gasteiger charge is 2.43. The zero-order valence-electron chi connectivity index (χ0n) is 16.0. The Labute approximate surface area is 176 Å². The molecule has 2 atom stereocenters. The zero-order chi connectivity index (χ0) is 20.1. The number of aryl methyl sites for hydroxylation is 1. The summed E-state index contributed by atoms with van der Waals surface area (Å²) in [6, 6.07) is 12.7. The summed E-state index contributed by atoms with van der Waals surface area (Å²) in [5, 5.41) is 0.510. The van der Waals surface area contributed by atoms with Crippen molar-refractivity contribution in [2.75, 3.05) is 13.2 Å². The van der Waals surface area contributed by atoms with Gasteiger partial charge in [-0.1, -0.05) is 39.7 Å². The summed E-state index contributed by atoms with van der Waals surface area (Å²) < 4.78 is 12.7. The van der Waals surface area contributed by atoms with Gasteiger partial charge in [-0.15, -0.1) is 0 Å². The second-order valence-corrected chi connectivity index (χ2v) is 8.64. The van der Waals surface area contributed by atoms with Crippen molar-refractivity contribution < 1.29 is 13.9 Å². The maximum atomic E-state index is 13.5. The molecule has 2 aliphatic heterocycles. The van der Waals surface area contributed by atoms with E-state index in [1.807, 2.05) is 43.3 Å². The first kappa shape index (κ1) is 18.6. The van der Waals surface area contributed by atoms with E-state index in [1.54, 1.807) is 11.0 Å². The van der Waals surface area contributed by atoms with Crippen LogP contribution in [0.5, 0.6) is 0 Å². The van der Waals surface area contributed by atoms with Gasteiger partial charge >= 0.3 is 0 Å². The smallest absolute Gasteiger partial charge is 0.291 e. The fourth-order valence-corrected chi connectivity index (χ4v) is 4.77. The monoisotopic (exact) mass is 453 g/mol. The average Bonchev–Trinajstić information content (AvgIpc) is 3.31. The third-order valence-corrected chi connectivity index (χ3v) is 6.20. The molecule has 0 bridgehead atoms. The molecule has 3 aromatic rings. The summed E-state index contributed by atoms with van der Waals surface area (Å²) >= 11 is 3.51. The van der Waals surface area contributed by atoms with Crippen LogP contribution >= 0.6 is 15.9 Å². The summed E-state index contributed by atoms with van der Waals surface area (Å²) in [4.78, 5) is 28.6. The Balaban J connectivity index is 1.72. The van der Waals surface area contributed by atoms with Gasteiger partial charge in [-0.25, -0.2) is 0 Å². The van der Waals surface area contributed by atoms with Gasteiger partial charge in [-0.05, 0) is 49.6 Å². The van der Waals surface area contributed by atoms with Crippen molar-refractivity contribution in [1.82, 2.24) is 4.90 Å². The minimum Gasteiger partial charge on any atom is -0.450 e. The molecule has 0 unspecified atom stereocenters. The third-order valence-electron chi connectivity index (χ3n) is 5.71. The summed E-state index contributed by atoms with van der Waals surface area (Å²) in [6.07, 6.45) is 1.88. The quantitative estimate of drug-likeness (QED) is 0.581. The van der Waals surface area contributed by atoms with Crippen LogP contribution in [0.1, 0.15) is 46.1 Å². The Hall–Kier alpha value is -2.44. The Morgan fingerprint density at radius 1 is 1.17 bits per heavy atom. The molecule has 5 nitrogen and oxygen atoms in total. The maximum absolute atomic E-state index is 13.5. The van der Waals surface area contributed by atoms with Crippen molar-refractivity contribution in [2.45, 2.75) is 31.9 Å². The number of hydrogen-bond donors (Lipinski definition) is 0. The Morgan fingerprint density at radius 3 is 2.79 bits per heavy atom. The number of carbonyl (C=O) groups excluding carboxylic acids is 1. The molecule has 0 aliphatic carbocycles. The van der Waals surface area contributed by atoms with Crippen LogP contribution in [0.4, 0.5) is 0 Å². The van der Waals surface area contributed by atoms with Crippen molar-refractivity contribution in [3.63, 3.8) is 0 Å². The molecule has 2 aromatic carbocycles. The number of amides is 1. The molecule has 1 amide bonds. The van der Waals surface area contributed by atoms with E-state index in [9.17, 15) is 9.59 Å². The first-order valence-corrected chi connectivity index (χ1v) is 10.6. The summed E-state index contributed by atoms with van der Waals surface area (Å²) in [7, 11) is 0. The van der Waals surface area contributed by atoms with Crippen LogP contribution in [0.3, 0.4) is 0 Å². The highest BCUT2D eigenvalue weighted by Crippen LogP contribution is 2.39. The number of benzene rings is 2. The molecule has 0 radical (unpaired) electrons. The molecule has 1 aromatic heterocycles. The van der Waals surface area contributed by atoms with E-state index in [0.29, 0.717) is 29.7 Å². The van der Waals surface area contributed by atoms with Crippen LogP contribution in [-0.2, 0) is 4.74 Å². The van der Waals surface area contributed by atoms with Crippen LogP contribution in [0.2, 0.25) is 0 Å². The van der Waals surface area contributed by atoms with Crippen molar-refractivity contribution in [3.8, 4) is 0 Å². The van der Waals surface area contributed by atoms with Crippen LogP contribution in [-0.4, -0.2) is 30.1 Å². The molecule has 0 spiro atoms. The molecule has 2 aliphatic rings. The highest BCUT2D eigenvalue weighted by atomic mass is 79.9. The predicted molar refractivity (Wildman–Crippen MR) is 113 cm³/mol. The van der Waals surface area contributed by atoms with Gasteiger partial charge in [0, 0.05) is 17.6 Å². The summed E-state index contributed by atoms with van der Waals surface area (Å²) in [6.45, 7) is 3.09. The molecule has 1 saturated heterocycles. The highest BCUT2D eigenvalue weighted by molar-refractivity contribution is 9.10. The van der Waals surface area contributed by atoms with E-state index in [2.05, 4.69) is 15.9 Å². The standard InChI is InChI=1S/C23H20BrNO4/c1-13-7-8-18-17(10-13)21(26)19-20(14-4-2-5-15(24)11-14)25(23(27)22(19)29-18)12-16-6-3-9-28-16/h2,4-5,7-8,10-11,16,20H,3,6,9,12H2,1H3/t16-,20-/m0/s1. The molecular weight excluding hydrogens is 434 g/mol. The second-order valence-electron chi connectivity index (χ2n) is 7.72. The fourth-order valence-electron chi connectivity index (χ4n) is 4.35. The topological polar surface area (TPSA) is 59.8 Å².